The molecular weight excluding hydrogens is 336 g/mol. The molecule has 1 amide bonds. The quantitative estimate of drug-likeness (QED) is 0.809. The molecule has 2 N–H and O–H groups in total. The maximum atomic E-state index is 12.8. The molecule has 0 bridgehead atoms. The van der Waals surface area contributed by atoms with Crippen molar-refractivity contribution in [1.29, 1.82) is 0 Å². The van der Waals surface area contributed by atoms with Crippen molar-refractivity contribution in [1.82, 2.24) is 10.0 Å². The highest BCUT2D eigenvalue weighted by Gasteiger charge is 2.22. The van der Waals surface area contributed by atoms with E-state index in [1.807, 2.05) is 13.8 Å². The van der Waals surface area contributed by atoms with Crippen LogP contribution in [0.15, 0.2) is 23.1 Å². The second-order valence-corrected chi connectivity index (χ2v) is 8.61. The van der Waals surface area contributed by atoms with E-state index in [1.54, 1.807) is 12.1 Å². The van der Waals surface area contributed by atoms with Gasteiger partial charge in [0.2, 0.25) is 10.0 Å². The number of benzene rings is 1. The van der Waals surface area contributed by atoms with E-state index < -0.39 is 10.0 Å². The molecule has 1 aromatic rings. The van der Waals surface area contributed by atoms with E-state index in [0.29, 0.717) is 12.1 Å². The monoisotopic (exact) mass is 366 g/mol. The predicted octanol–water partition coefficient (Wildman–Crippen LogP) is 3.53. The van der Waals surface area contributed by atoms with Crippen molar-refractivity contribution in [3.63, 3.8) is 0 Å². The van der Waals surface area contributed by atoms with Crippen LogP contribution in [0.1, 0.15) is 74.2 Å². The molecule has 140 valence electrons. The van der Waals surface area contributed by atoms with Gasteiger partial charge in [-0.15, -0.1) is 0 Å². The lowest BCUT2D eigenvalue weighted by Gasteiger charge is -2.21. The molecule has 0 radical (unpaired) electrons. The summed E-state index contributed by atoms with van der Waals surface area (Å²) in [6.45, 7) is 4.38. The molecular formula is C19H30N2O3S. The maximum Gasteiger partial charge on any atom is 0.251 e. The summed E-state index contributed by atoms with van der Waals surface area (Å²) >= 11 is 0. The molecule has 0 unspecified atom stereocenters. The van der Waals surface area contributed by atoms with Crippen molar-refractivity contribution >= 4 is 15.9 Å². The van der Waals surface area contributed by atoms with Gasteiger partial charge in [-0.2, -0.15) is 0 Å². The molecule has 1 aliphatic rings. The van der Waals surface area contributed by atoms with Gasteiger partial charge in [-0.05, 0) is 43.9 Å². The molecule has 0 heterocycles. The average molecular weight is 367 g/mol. The van der Waals surface area contributed by atoms with Gasteiger partial charge in [0.15, 0.2) is 0 Å². The van der Waals surface area contributed by atoms with E-state index in [1.165, 1.54) is 25.3 Å². The van der Waals surface area contributed by atoms with Gasteiger partial charge in [-0.1, -0.05) is 45.1 Å². The Hall–Kier alpha value is -1.40. The van der Waals surface area contributed by atoms with Gasteiger partial charge in [0.1, 0.15) is 0 Å². The van der Waals surface area contributed by atoms with Crippen molar-refractivity contribution in [2.75, 3.05) is 6.54 Å². The number of nitrogens with one attached hydrogen (secondary N) is 2. The minimum Gasteiger partial charge on any atom is -0.352 e. The van der Waals surface area contributed by atoms with E-state index in [-0.39, 0.29) is 16.8 Å². The molecule has 6 heteroatoms. The standard InChI is InChI=1S/C19H30N2O3S/c1-3-13-20-19(22)18-14-17(12-11-15(18)2)25(23,24)21-16-9-7-5-4-6-8-10-16/h11-12,14,16,21H,3-10,13H2,1-2H3,(H,20,22). The molecule has 1 saturated carbocycles. The van der Waals surface area contributed by atoms with Crippen LogP contribution in [0.25, 0.3) is 0 Å². The van der Waals surface area contributed by atoms with Crippen LogP contribution in [0.4, 0.5) is 0 Å². The number of hydrogen-bond donors (Lipinski definition) is 2. The van der Waals surface area contributed by atoms with Crippen LogP contribution in [-0.2, 0) is 10.0 Å². The summed E-state index contributed by atoms with van der Waals surface area (Å²) in [7, 11) is -3.61. The lowest BCUT2D eigenvalue weighted by molar-refractivity contribution is 0.0953. The lowest BCUT2D eigenvalue weighted by Crippen LogP contribution is -2.35. The molecule has 1 fully saturated rings. The molecule has 1 aromatic carbocycles. The molecule has 0 atom stereocenters. The van der Waals surface area contributed by atoms with Crippen LogP contribution < -0.4 is 10.0 Å². The number of hydrogen-bond acceptors (Lipinski definition) is 3. The first-order valence-electron chi connectivity index (χ1n) is 9.35. The van der Waals surface area contributed by atoms with Gasteiger partial charge < -0.3 is 5.32 Å². The first-order chi connectivity index (χ1) is 11.9. The number of aryl methyl sites for hydroxylation is 1. The summed E-state index contributed by atoms with van der Waals surface area (Å²) in [5.41, 5.74) is 1.20. The van der Waals surface area contributed by atoms with Gasteiger partial charge in [0, 0.05) is 18.2 Å². The largest absolute Gasteiger partial charge is 0.352 e. The summed E-state index contributed by atoms with van der Waals surface area (Å²) in [6, 6.07) is 4.76. The number of sulfonamides is 1. The second kappa shape index (κ2) is 9.34. The normalized spacial score (nSPS) is 16.9. The Morgan fingerprint density at radius 3 is 2.40 bits per heavy atom. The van der Waals surface area contributed by atoms with Gasteiger partial charge in [-0.25, -0.2) is 13.1 Å². The highest BCUT2D eigenvalue weighted by Crippen LogP contribution is 2.21. The van der Waals surface area contributed by atoms with Crippen molar-refractivity contribution in [2.24, 2.45) is 0 Å². The van der Waals surface area contributed by atoms with Gasteiger partial charge >= 0.3 is 0 Å². The van der Waals surface area contributed by atoms with Crippen LogP contribution in [0.2, 0.25) is 0 Å². The fraction of sp³-hybridized carbons (Fsp3) is 0.632. The topological polar surface area (TPSA) is 75.3 Å². The van der Waals surface area contributed by atoms with Crippen molar-refractivity contribution in [3.8, 4) is 0 Å². The van der Waals surface area contributed by atoms with Crippen LogP contribution in [0.3, 0.4) is 0 Å². The van der Waals surface area contributed by atoms with E-state index in [2.05, 4.69) is 10.0 Å². The third-order valence-corrected chi connectivity index (χ3v) is 6.24. The number of carbonyl (C=O) groups is 1. The molecule has 2 rings (SSSR count). The summed E-state index contributed by atoms with van der Waals surface area (Å²) < 4.78 is 28.4. The zero-order valence-electron chi connectivity index (χ0n) is 15.3. The number of rotatable bonds is 6. The Morgan fingerprint density at radius 2 is 1.76 bits per heavy atom. The smallest absolute Gasteiger partial charge is 0.251 e. The molecule has 0 spiro atoms. The maximum absolute atomic E-state index is 12.8. The molecule has 1 aliphatic carbocycles. The van der Waals surface area contributed by atoms with E-state index >= 15 is 0 Å². The summed E-state index contributed by atoms with van der Waals surface area (Å²) in [4.78, 5) is 12.4. The Labute approximate surface area is 151 Å². The molecule has 25 heavy (non-hydrogen) atoms. The summed E-state index contributed by atoms with van der Waals surface area (Å²) in [5.74, 6) is -0.220. The van der Waals surface area contributed by atoms with Crippen molar-refractivity contribution in [2.45, 2.75) is 76.2 Å². The molecule has 5 nitrogen and oxygen atoms in total. The van der Waals surface area contributed by atoms with Crippen LogP contribution >= 0.6 is 0 Å². The summed E-state index contributed by atoms with van der Waals surface area (Å²) in [5, 5.41) is 2.81. The third kappa shape index (κ3) is 5.82. The molecule has 0 aliphatic heterocycles. The van der Waals surface area contributed by atoms with Crippen LogP contribution in [0.5, 0.6) is 0 Å². The Kier molecular flexibility index (Phi) is 7.44. The van der Waals surface area contributed by atoms with Crippen molar-refractivity contribution in [3.05, 3.63) is 29.3 Å². The van der Waals surface area contributed by atoms with E-state index in [4.69, 9.17) is 0 Å². The van der Waals surface area contributed by atoms with E-state index in [9.17, 15) is 13.2 Å². The number of carbonyl (C=O) groups excluding carboxylic acids is 1. The Bertz CT molecular complexity index is 678. The Morgan fingerprint density at radius 1 is 1.12 bits per heavy atom. The van der Waals surface area contributed by atoms with Crippen LogP contribution in [0, 0.1) is 6.92 Å². The van der Waals surface area contributed by atoms with Gasteiger partial charge in [0.25, 0.3) is 5.91 Å². The summed E-state index contributed by atoms with van der Waals surface area (Å²) in [6.07, 6.45) is 8.32. The van der Waals surface area contributed by atoms with Gasteiger partial charge in [-0.3, -0.25) is 4.79 Å². The average Bonchev–Trinajstić information content (AvgIpc) is 2.55. The highest BCUT2D eigenvalue weighted by molar-refractivity contribution is 7.89. The fourth-order valence-electron chi connectivity index (χ4n) is 3.21. The SMILES string of the molecule is CCCNC(=O)c1cc(S(=O)(=O)NC2CCCCCCC2)ccc1C. The number of amides is 1. The first-order valence-corrected chi connectivity index (χ1v) is 10.8. The minimum atomic E-state index is -3.61. The molecule has 0 aromatic heterocycles. The highest BCUT2D eigenvalue weighted by atomic mass is 32.2. The second-order valence-electron chi connectivity index (χ2n) is 6.90. The minimum absolute atomic E-state index is 0.0102. The third-order valence-electron chi connectivity index (χ3n) is 4.73. The zero-order valence-corrected chi connectivity index (χ0v) is 16.1. The Balaban J connectivity index is 2.16. The van der Waals surface area contributed by atoms with Crippen LogP contribution in [-0.4, -0.2) is 26.9 Å². The zero-order chi connectivity index (χ0) is 18.3. The van der Waals surface area contributed by atoms with Gasteiger partial charge in [0.05, 0.1) is 4.90 Å². The predicted molar refractivity (Wildman–Crippen MR) is 100 cm³/mol. The fourth-order valence-corrected chi connectivity index (χ4v) is 4.54. The van der Waals surface area contributed by atoms with E-state index in [0.717, 1.165) is 37.7 Å². The van der Waals surface area contributed by atoms with Crippen molar-refractivity contribution < 1.29 is 13.2 Å². The first kappa shape index (κ1) is 19.9. The lowest BCUT2D eigenvalue weighted by atomic mass is 9.97. The molecule has 0 saturated heterocycles.